The highest BCUT2D eigenvalue weighted by Gasteiger charge is 2.18. The van der Waals surface area contributed by atoms with Crippen LogP contribution in [-0.2, 0) is 16.1 Å². The van der Waals surface area contributed by atoms with Gasteiger partial charge in [0, 0.05) is 18.2 Å². The van der Waals surface area contributed by atoms with Crippen molar-refractivity contribution in [2.45, 2.75) is 83.2 Å². The Kier molecular flexibility index (Phi) is 9.74. The first-order valence-electron chi connectivity index (χ1n) is 10.4. The van der Waals surface area contributed by atoms with Crippen LogP contribution in [0.4, 0.5) is 0 Å². The number of ether oxygens (including phenoxy) is 1. The number of methoxy groups -OCH3 is 1. The van der Waals surface area contributed by atoms with Gasteiger partial charge in [0.1, 0.15) is 5.75 Å². The molecule has 150 valence electrons. The number of carbonyl (C=O) groups excluding carboxylic acids is 2. The van der Waals surface area contributed by atoms with Gasteiger partial charge in [-0.15, -0.1) is 0 Å². The standard InChI is InChI=1S/C22H34N2O3/c1-27-20-16-12-11-13-18(20)17-23-21(25)22(26)24-19-14-9-7-5-3-2-4-6-8-10-15-19/h11-13,16,19H,2-10,14-15,17H2,1H3,(H,23,25)(H,24,26). The van der Waals surface area contributed by atoms with Crippen molar-refractivity contribution in [3.05, 3.63) is 29.8 Å². The average molecular weight is 375 g/mol. The summed E-state index contributed by atoms with van der Waals surface area (Å²) in [6.07, 6.45) is 13.1. The fourth-order valence-electron chi connectivity index (χ4n) is 3.66. The first-order chi connectivity index (χ1) is 13.2. The predicted molar refractivity (Wildman–Crippen MR) is 108 cm³/mol. The van der Waals surface area contributed by atoms with Gasteiger partial charge in [0.05, 0.1) is 7.11 Å². The Morgan fingerprint density at radius 1 is 0.889 bits per heavy atom. The van der Waals surface area contributed by atoms with Gasteiger partial charge in [0.15, 0.2) is 0 Å². The Bertz CT molecular complexity index is 577. The van der Waals surface area contributed by atoms with Gasteiger partial charge in [0.2, 0.25) is 0 Å². The molecule has 0 unspecified atom stereocenters. The molecule has 0 saturated heterocycles. The topological polar surface area (TPSA) is 67.4 Å². The van der Waals surface area contributed by atoms with Crippen LogP contribution in [-0.4, -0.2) is 25.0 Å². The zero-order valence-electron chi connectivity index (χ0n) is 16.6. The molecule has 0 heterocycles. The Balaban J connectivity index is 1.80. The number of amides is 2. The van der Waals surface area contributed by atoms with Crippen LogP contribution in [0, 0.1) is 0 Å². The van der Waals surface area contributed by atoms with Crippen molar-refractivity contribution in [3.8, 4) is 5.75 Å². The molecule has 5 nitrogen and oxygen atoms in total. The normalized spacial score (nSPS) is 17.2. The number of benzene rings is 1. The van der Waals surface area contributed by atoms with Crippen LogP contribution in [0.15, 0.2) is 24.3 Å². The van der Waals surface area contributed by atoms with Crippen LogP contribution in [0.5, 0.6) is 5.75 Å². The Morgan fingerprint density at radius 3 is 2.04 bits per heavy atom. The summed E-state index contributed by atoms with van der Waals surface area (Å²) in [4.78, 5) is 24.5. The van der Waals surface area contributed by atoms with Gasteiger partial charge in [-0.05, 0) is 18.9 Å². The summed E-state index contributed by atoms with van der Waals surface area (Å²) in [7, 11) is 1.59. The fourth-order valence-corrected chi connectivity index (χ4v) is 3.66. The highest BCUT2D eigenvalue weighted by Crippen LogP contribution is 2.18. The van der Waals surface area contributed by atoms with Crippen LogP contribution >= 0.6 is 0 Å². The number of rotatable bonds is 4. The van der Waals surface area contributed by atoms with E-state index in [-0.39, 0.29) is 12.6 Å². The third-order valence-corrected chi connectivity index (χ3v) is 5.28. The van der Waals surface area contributed by atoms with Crippen molar-refractivity contribution >= 4 is 11.8 Å². The van der Waals surface area contributed by atoms with Gasteiger partial charge < -0.3 is 15.4 Å². The minimum atomic E-state index is -0.577. The van der Waals surface area contributed by atoms with Crippen LogP contribution < -0.4 is 15.4 Å². The maximum atomic E-state index is 12.3. The van der Waals surface area contributed by atoms with Gasteiger partial charge >= 0.3 is 11.8 Å². The van der Waals surface area contributed by atoms with Gasteiger partial charge in [-0.3, -0.25) is 9.59 Å². The highest BCUT2D eigenvalue weighted by atomic mass is 16.5. The lowest BCUT2D eigenvalue weighted by Crippen LogP contribution is -2.44. The van der Waals surface area contributed by atoms with Gasteiger partial charge in [-0.25, -0.2) is 0 Å². The maximum absolute atomic E-state index is 12.3. The highest BCUT2D eigenvalue weighted by molar-refractivity contribution is 6.35. The molecule has 0 atom stereocenters. The van der Waals surface area contributed by atoms with Gasteiger partial charge in [0.25, 0.3) is 0 Å². The summed E-state index contributed by atoms with van der Waals surface area (Å²) in [5, 5.41) is 5.65. The first-order valence-corrected chi connectivity index (χ1v) is 10.4. The largest absolute Gasteiger partial charge is 0.496 e. The molecule has 2 N–H and O–H groups in total. The molecular formula is C22H34N2O3. The molecule has 5 heteroatoms. The van der Waals surface area contributed by atoms with Crippen LogP contribution in [0.2, 0.25) is 0 Å². The number of para-hydroxylation sites is 1. The van der Waals surface area contributed by atoms with E-state index < -0.39 is 11.8 Å². The third-order valence-electron chi connectivity index (χ3n) is 5.28. The number of carbonyl (C=O) groups is 2. The lowest BCUT2D eigenvalue weighted by atomic mass is 9.98. The minimum Gasteiger partial charge on any atom is -0.496 e. The van der Waals surface area contributed by atoms with E-state index in [1.807, 2.05) is 24.3 Å². The maximum Gasteiger partial charge on any atom is 0.309 e. The summed E-state index contributed by atoms with van der Waals surface area (Å²) in [6, 6.07) is 7.58. The summed E-state index contributed by atoms with van der Waals surface area (Å²) < 4.78 is 5.27. The Morgan fingerprint density at radius 2 is 1.44 bits per heavy atom. The van der Waals surface area contributed by atoms with E-state index in [4.69, 9.17) is 4.74 Å². The van der Waals surface area contributed by atoms with Crippen molar-refractivity contribution < 1.29 is 14.3 Å². The Labute approximate surface area is 163 Å². The van der Waals surface area contributed by atoms with Crippen molar-refractivity contribution in [3.63, 3.8) is 0 Å². The van der Waals surface area contributed by atoms with E-state index >= 15 is 0 Å². The predicted octanol–water partition coefficient (Wildman–Crippen LogP) is 4.10. The quantitative estimate of drug-likeness (QED) is 0.780. The molecule has 27 heavy (non-hydrogen) atoms. The SMILES string of the molecule is COc1ccccc1CNC(=O)C(=O)NC1CCCCCCCCCCC1. The van der Waals surface area contributed by atoms with Crippen molar-refractivity contribution in [1.82, 2.24) is 10.6 Å². The molecule has 2 rings (SSSR count). The molecule has 1 aliphatic rings. The number of nitrogens with one attached hydrogen (secondary N) is 2. The van der Waals surface area contributed by atoms with E-state index in [0.29, 0.717) is 5.75 Å². The van der Waals surface area contributed by atoms with Crippen LogP contribution in [0.3, 0.4) is 0 Å². The molecule has 0 spiro atoms. The minimum absolute atomic E-state index is 0.105. The monoisotopic (exact) mass is 374 g/mol. The lowest BCUT2D eigenvalue weighted by molar-refractivity contribution is -0.139. The smallest absolute Gasteiger partial charge is 0.309 e. The average Bonchev–Trinajstić information content (AvgIpc) is 2.68. The van der Waals surface area contributed by atoms with E-state index in [9.17, 15) is 9.59 Å². The fraction of sp³-hybridized carbons (Fsp3) is 0.636. The molecule has 1 saturated carbocycles. The molecule has 1 aromatic rings. The molecule has 1 fully saturated rings. The zero-order valence-corrected chi connectivity index (χ0v) is 16.6. The molecule has 0 bridgehead atoms. The van der Waals surface area contributed by atoms with E-state index in [2.05, 4.69) is 10.6 Å². The number of hydrogen-bond donors (Lipinski definition) is 2. The third kappa shape index (κ3) is 8.02. The number of hydrogen-bond acceptors (Lipinski definition) is 3. The second-order valence-electron chi connectivity index (χ2n) is 7.42. The lowest BCUT2D eigenvalue weighted by Gasteiger charge is -2.19. The summed E-state index contributed by atoms with van der Waals surface area (Å²) in [5.74, 6) is -0.397. The molecule has 1 aromatic carbocycles. The van der Waals surface area contributed by atoms with Crippen molar-refractivity contribution in [2.75, 3.05) is 7.11 Å². The Hall–Kier alpha value is -2.04. The van der Waals surface area contributed by atoms with Gasteiger partial charge in [-0.1, -0.05) is 76.0 Å². The molecule has 2 amide bonds. The van der Waals surface area contributed by atoms with Crippen LogP contribution in [0.1, 0.15) is 76.2 Å². The summed E-state index contributed by atoms with van der Waals surface area (Å²) in [5.41, 5.74) is 0.854. The summed E-state index contributed by atoms with van der Waals surface area (Å²) >= 11 is 0. The second kappa shape index (κ2) is 12.4. The molecule has 0 radical (unpaired) electrons. The first kappa shape index (κ1) is 21.3. The molecule has 0 aliphatic heterocycles. The van der Waals surface area contributed by atoms with Crippen molar-refractivity contribution in [1.29, 1.82) is 0 Å². The van der Waals surface area contributed by atoms with E-state index in [0.717, 1.165) is 31.2 Å². The zero-order chi connectivity index (χ0) is 19.3. The van der Waals surface area contributed by atoms with E-state index in [1.165, 1.54) is 44.9 Å². The molecular weight excluding hydrogens is 340 g/mol. The molecule has 0 aromatic heterocycles. The summed E-state index contributed by atoms with van der Waals surface area (Å²) in [6.45, 7) is 0.279. The van der Waals surface area contributed by atoms with Crippen LogP contribution in [0.25, 0.3) is 0 Å². The van der Waals surface area contributed by atoms with E-state index in [1.54, 1.807) is 7.11 Å². The van der Waals surface area contributed by atoms with Gasteiger partial charge in [-0.2, -0.15) is 0 Å². The second-order valence-corrected chi connectivity index (χ2v) is 7.42. The molecule has 1 aliphatic carbocycles. The van der Waals surface area contributed by atoms with Crippen molar-refractivity contribution in [2.24, 2.45) is 0 Å².